The molecule has 206 valence electrons. The summed E-state index contributed by atoms with van der Waals surface area (Å²) < 4.78 is 49.2. The van der Waals surface area contributed by atoms with Crippen LogP contribution in [0.25, 0.3) is 22.3 Å². The number of aromatic nitrogens is 3. The van der Waals surface area contributed by atoms with Crippen molar-refractivity contribution in [2.45, 2.75) is 30.2 Å². The quantitative estimate of drug-likeness (QED) is 0.349. The van der Waals surface area contributed by atoms with Gasteiger partial charge in [-0.1, -0.05) is 12.1 Å². The van der Waals surface area contributed by atoms with Gasteiger partial charge in [-0.05, 0) is 55.5 Å². The number of benzene rings is 1. The van der Waals surface area contributed by atoms with Gasteiger partial charge in [0, 0.05) is 29.7 Å². The Bertz CT molecular complexity index is 1720. The molecule has 1 unspecified atom stereocenters. The Hall–Kier alpha value is -4.52. The number of sulfone groups is 1. The number of anilines is 1. The van der Waals surface area contributed by atoms with E-state index in [1.807, 2.05) is 42.2 Å². The van der Waals surface area contributed by atoms with Crippen molar-refractivity contribution in [2.75, 3.05) is 18.0 Å². The minimum atomic E-state index is -4.83. The zero-order valence-corrected chi connectivity index (χ0v) is 22.0. The van der Waals surface area contributed by atoms with Crippen molar-refractivity contribution < 1.29 is 26.8 Å². The van der Waals surface area contributed by atoms with E-state index in [1.165, 1.54) is 12.1 Å². The number of nitrogens with one attached hydrogen (secondary N) is 2. The number of hydrogen-bond acceptors (Lipinski definition) is 8. The lowest BCUT2D eigenvalue weighted by Crippen LogP contribution is -2.53. The SMILES string of the molecule is CC1CN(c2cccc(-c3ccc4cnc(CNC(=O)c5cccc(S(=O)(=O)C(F)F)c5)cc4n3)n2)CC(=O)N1. The van der Waals surface area contributed by atoms with E-state index >= 15 is 0 Å². The van der Waals surface area contributed by atoms with E-state index in [9.17, 15) is 26.8 Å². The van der Waals surface area contributed by atoms with Crippen LogP contribution in [0.1, 0.15) is 23.0 Å². The molecule has 2 N–H and O–H groups in total. The van der Waals surface area contributed by atoms with Crippen LogP contribution >= 0.6 is 0 Å². The highest BCUT2D eigenvalue weighted by atomic mass is 32.2. The smallest absolute Gasteiger partial charge is 0.341 e. The van der Waals surface area contributed by atoms with Gasteiger partial charge in [-0.15, -0.1) is 0 Å². The Balaban J connectivity index is 1.33. The van der Waals surface area contributed by atoms with Gasteiger partial charge in [-0.3, -0.25) is 14.6 Å². The van der Waals surface area contributed by atoms with Crippen molar-refractivity contribution in [3.63, 3.8) is 0 Å². The lowest BCUT2D eigenvalue weighted by molar-refractivity contribution is -0.121. The fourth-order valence-electron chi connectivity index (χ4n) is 4.34. The number of fused-ring (bicyclic) bond motifs is 1. The van der Waals surface area contributed by atoms with Gasteiger partial charge in [0.15, 0.2) is 0 Å². The Labute approximate surface area is 228 Å². The van der Waals surface area contributed by atoms with Gasteiger partial charge in [0.25, 0.3) is 5.91 Å². The maximum atomic E-state index is 12.9. The fraction of sp³-hybridized carbons (Fsp3) is 0.222. The summed E-state index contributed by atoms with van der Waals surface area (Å²) in [6.45, 7) is 2.79. The Kier molecular flexibility index (Phi) is 7.39. The second-order valence-electron chi connectivity index (χ2n) is 9.31. The van der Waals surface area contributed by atoms with Gasteiger partial charge in [0.05, 0.1) is 40.6 Å². The van der Waals surface area contributed by atoms with Crippen LogP contribution < -0.4 is 15.5 Å². The van der Waals surface area contributed by atoms with Gasteiger partial charge >= 0.3 is 5.76 Å². The van der Waals surface area contributed by atoms with Crippen molar-refractivity contribution in [2.24, 2.45) is 0 Å². The van der Waals surface area contributed by atoms with E-state index in [0.29, 0.717) is 35.0 Å². The maximum Gasteiger partial charge on any atom is 0.341 e. The topological polar surface area (TPSA) is 134 Å². The van der Waals surface area contributed by atoms with Crippen molar-refractivity contribution >= 4 is 38.4 Å². The number of nitrogens with zero attached hydrogens (tertiary/aromatic N) is 4. The number of carbonyl (C=O) groups excluding carboxylic acids is 2. The third-order valence-electron chi connectivity index (χ3n) is 6.28. The fourth-order valence-corrected chi connectivity index (χ4v) is 5.10. The molecule has 1 saturated heterocycles. The van der Waals surface area contributed by atoms with Crippen LogP contribution in [0.4, 0.5) is 14.6 Å². The number of carbonyl (C=O) groups is 2. The number of piperazine rings is 1. The molecule has 0 radical (unpaired) electrons. The highest BCUT2D eigenvalue weighted by Gasteiger charge is 2.27. The first kappa shape index (κ1) is 27.1. The molecule has 4 heterocycles. The van der Waals surface area contributed by atoms with Crippen LogP contribution in [0.15, 0.2) is 71.8 Å². The second kappa shape index (κ2) is 10.9. The molecule has 1 atom stereocenters. The van der Waals surface area contributed by atoms with E-state index in [2.05, 4.69) is 15.6 Å². The summed E-state index contributed by atoms with van der Waals surface area (Å²) in [5, 5.41) is 6.27. The summed E-state index contributed by atoms with van der Waals surface area (Å²) in [7, 11) is -4.83. The van der Waals surface area contributed by atoms with Crippen LogP contribution in [-0.2, 0) is 21.2 Å². The Morgan fingerprint density at radius 1 is 1.10 bits per heavy atom. The molecule has 3 aromatic heterocycles. The molecular weight excluding hydrogens is 542 g/mol. The van der Waals surface area contributed by atoms with E-state index < -0.39 is 26.4 Å². The minimum absolute atomic E-state index is 0.00451. The van der Waals surface area contributed by atoms with E-state index in [0.717, 1.165) is 17.5 Å². The molecule has 1 aliphatic rings. The maximum absolute atomic E-state index is 12.9. The first-order valence-corrected chi connectivity index (χ1v) is 13.8. The standard InChI is InChI=1S/C27H24F2N6O4S/c1-16-14-35(15-25(36)32-16)24-7-3-6-21(34-24)22-9-8-18-12-30-19(11-23(18)33-22)13-31-26(37)17-4-2-5-20(10-17)40(38,39)27(28)29/h2-12,16,27H,13-15H2,1H3,(H,31,37)(H,32,36). The second-order valence-corrected chi connectivity index (χ2v) is 11.2. The van der Waals surface area contributed by atoms with Gasteiger partial charge in [0.1, 0.15) is 5.82 Å². The van der Waals surface area contributed by atoms with Gasteiger partial charge in [0.2, 0.25) is 15.7 Å². The number of pyridine rings is 3. The normalized spacial score (nSPS) is 15.8. The predicted octanol–water partition coefficient (Wildman–Crippen LogP) is 2.94. The zero-order valence-electron chi connectivity index (χ0n) is 21.2. The monoisotopic (exact) mass is 566 g/mol. The molecule has 0 saturated carbocycles. The number of rotatable bonds is 7. The van der Waals surface area contributed by atoms with E-state index in [4.69, 9.17) is 9.97 Å². The number of alkyl halides is 2. The van der Waals surface area contributed by atoms with Crippen LogP contribution in [-0.4, -0.2) is 60.1 Å². The lowest BCUT2D eigenvalue weighted by atomic mass is 10.1. The molecule has 5 rings (SSSR count). The van der Waals surface area contributed by atoms with Gasteiger partial charge in [-0.25, -0.2) is 18.4 Å². The molecular formula is C27H24F2N6O4S. The van der Waals surface area contributed by atoms with Crippen LogP contribution in [0.5, 0.6) is 0 Å². The predicted molar refractivity (Wildman–Crippen MR) is 143 cm³/mol. The summed E-state index contributed by atoms with van der Waals surface area (Å²) in [4.78, 5) is 39.6. The third kappa shape index (κ3) is 5.73. The summed E-state index contributed by atoms with van der Waals surface area (Å²) in [6, 6.07) is 15.4. The lowest BCUT2D eigenvalue weighted by Gasteiger charge is -2.32. The largest absolute Gasteiger partial charge is 0.350 e. The molecule has 0 bridgehead atoms. The van der Waals surface area contributed by atoms with Crippen molar-refractivity contribution in [3.05, 3.63) is 78.1 Å². The first-order valence-electron chi connectivity index (χ1n) is 12.3. The molecule has 13 heteroatoms. The summed E-state index contributed by atoms with van der Waals surface area (Å²) in [5.74, 6) is -3.62. The Morgan fingerprint density at radius 2 is 1.88 bits per heavy atom. The number of amides is 2. The average Bonchev–Trinajstić information content (AvgIpc) is 2.95. The first-order chi connectivity index (χ1) is 19.1. The highest BCUT2D eigenvalue weighted by Crippen LogP contribution is 2.23. The molecule has 0 aliphatic carbocycles. The summed E-state index contributed by atoms with van der Waals surface area (Å²) >= 11 is 0. The van der Waals surface area contributed by atoms with Crippen LogP contribution in [0, 0.1) is 0 Å². The summed E-state index contributed by atoms with van der Waals surface area (Å²) in [5.41, 5.74) is 2.26. The highest BCUT2D eigenvalue weighted by molar-refractivity contribution is 7.91. The molecule has 40 heavy (non-hydrogen) atoms. The molecule has 0 spiro atoms. The van der Waals surface area contributed by atoms with Gasteiger partial charge < -0.3 is 15.5 Å². The molecule has 1 aromatic carbocycles. The molecule has 4 aromatic rings. The third-order valence-corrected chi connectivity index (χ3v) is 7.66. The Morgan fingerprint density at radius 3 is 2.65 bits per heavy atom. The van der Waals surface area contributed by atoms with E-state index in [-0.39, 0.29) is 30.6 Å². The van der Waals surface area contributed by atoms with Gasteiger partial charge in [-0.2, -0.15) is 8.78 Å². The molecule has 10 nitrogen and oxygen atoms in total. The van der Waals surface area contributed by atoms with E-state index in [1.54, 1.807) is 12.3 Å². The molecule has 1 aliphatic heterocycles. The minimum Gasteiger partial charge on any atom is -0.350 e. The van der Waals surface area contributed by atoms with Crippen LogP contribution in [0.3, 0.4) is 0 Å². The molecule has 2 amide bonds. The number of hydrogen-bond donors (Lipinski definition) is 2. The molecule has 1 fully saturated rings. The average molecular weight is 567 g/mol. The van der Waals surface area contributed by atoms with Crippen molar-refractivity contribution in [3.8, 4) is 11.4 Å². The van der Waals surface area contributed by atoms with Crippen LogP contribution in [0.2, 0.25) is 0 Å². The number of halogens is 2. The van der Waals surface area contributed by atoms with Crippen molar-refractivity contribution in [1.29, 1.82) is 0 Å². The summed E-state index contributed by atoms with van der Waals surface area (Å²) in [6.07, 6.45) is 1.61. The zero-order chi connectivity index (χ0) is 28.4. The van der Waals surface area contributed by atoms with Crippen molar-refractivity contribution in [1.82, 2.24) is 25.6 Å².